The molecule has 1 N–H and O–H groups in total. The Morgan fingerprint density at radius 1 is 1.32 bits per heavy atom. The highest BCUT2D eigenvalue weighted by Crippen LogP contribution is 2.17. The van der Waals surface area contributed by atoms with Crippen molar-refractivity contribution >= 4 is 15.9 Å². The zero-order chi connectivity index (χ0) is 14.3. The van der Waals surface area contributed by atoms with Gasteiger partial charge in [-0.05, 0) is 30.2 Å². The van der Waals surface area contributed by atoms with Crippen molar-refractivity contribution in [3.05, 3.63) is 34.3 Å². The molecule has 1 aromatic carbocycles. The van der Waals surface area contributed by atoms with Gasteiger partial charge in [0, 0.05) is 16.4 Å². The van der Waals surface area contributed by atoms with E-state index in [9.17, 15) is 0 Å². The van der Waals surface area contributed by atoms with Crippen molar-refractivity contribution in [2.75, 3.05) is 19.7 Å². The van der Waals surface area contributed by atoms with Crippen molar-refractivity contribution in [1.29, 1.82) is 0 Å². The molecule has 1 aromatic rings. The Morgan fingerprint density at radius 3 is 2.68 bits per heavy atom. The molecule has 0 aliphatic rings. The molecule has 0 radical (unpaired) electrons. The zero-order valence-corrected chi connectivity index (χ0v) is 14.1. The summed E-state index contributed by atoms with van der Waals surface area (Å²) in [5, 5.41) is 3.50. The number of rotatable bonds is 8. The SMILES string of the molecule is CC(C)CNCC(C)(C)COCc1cccc(Br)c1. The second kappa shape index (κ2) is 8.03. The first kappa shape index (κ1) is 16.7. The molecule has 0 atom stereocenters. The van der Waals surface area contributed by atoms with Gasteiger partial charge in [0.1, 0.15) is 0 Å². The third-order valence-electron chi connectivity index (χ3n) is 2.81. The molecule has 0 heterocycles. The van der Waals surface area contributed by atoms with E-state index in [0.717, 1.165) is 24.2 Å². The molecule has 0 bridgehead atoms. The fourth-order valence-corrected chi connectivity index (χ4v) is 2.27. The summed E-state index contributed by atoms with van der Waals surface area (Å²) in [7, 11) is 0. The molecule has 2 nitrogen and oxygen atoms in total. The van der Waals surface area contributed by atoms with E-state index in [1.165, 1.54) is 5.56 Å². The first-order chi connectivity index (χ1) is 8.89. The number of ether oxygens (including phenoxy) is 1. The van der Waals surface area contributed by atoms with Crippen LogP contribution in [0.3, 0.4) is 0 Å². The Labute approximate surface area is 126 Å². The molecule has 0 amide bonds. The number of benzene rings is 1. The third kappa shape index (κ3) is 7.71. The second-order valence-electron chi connectivity index (χ2n) is 6.31. The fraction of sp³-hybridized carbons (Fsp3) is 0.625. The molecule has 0 spiro atoms. The van der Waals surface area contributed by atoms with Gasteiger partial charge in [-0.15, -0.1) is 0 Å². The van der Waals surface area contributed by atoms with E-state index in [2.05, 4.69) is 61.1 Å². The molecule has 1 rings (SSSR count). The van der Waals surface area contributed by atoms with Gasteiger partial charge in [-0.3, -0.25) is 0 Å². The molecule has 108 valence electrons. The van der Waals surface area contributed by atoms with Crippen LogP contribution in [0.4, 0.5) is 0 Å². The summed E-state index contributed by atoms with van der Waals surface area (Å²) in [5.74, 6) is 0.693. The fourth-order valence-electron chi connectivity index (χ4n) is 1.82. The largest absolute Gasteiger partial charge is 0.376 e. The van der Waals surface area contributed by atoms with E-state index in [4.69, 9.17) is 4.74 Å². The Morgan fingerprint density at radius 2 is 2.05 bits per heavy atom. The average molecular weight is 328 g/mol. The van der Waals surface area contributed by atoms with E-state index >= 15 is 0 Å². The van der Waals surface area contributed by atoms with Gasteiger partial charge in [0.25, 0.3) is 0 Å². The lowest BCUT2D eigenvalue weighted by molar-refractivity contribution is 0.0510. The predicted molar refractivity (Wildman–Crippen MR) is 85.3 cm³/mol. The van der Waals surface area contributed by atoms with E-state index < -0.39 is 0 Å². The van der Waals surface area contributed by atoms with Crippen LogP contribution < -0.4 is 5.32 Å². The van der Waals surface area contributed by atoms with E-state index in [0.29, 0.717) is 12.5 Å². The smallest absolute Gasteiger partial charge is 0.0717 e. The van der Waals surface area contributed by atoms with Gasteiger partial charge >= 0.3 is 0 Å². The minimum atomic E-state index is 0.168. The number of hydrogen-bond acceptors (Lipinski definition) is 2. The van der Waals surface area contributed by atoms with Crippen LogP contribution in [-0.2, 0) is 11.3 Å². The topological polar surface area (TPSA) is 21.3 Å². The Balaban J connectivity index is 2.27. The summed E-state index contributed by atoms with van der Waals surface area (Å²) < 4.78 is 6.94. The second-order valence-corrected chi connectivity index (χ2v) is 7.23. The lowest BCUT2D eigenvalue weighted by atomic mass is 9.94. The molecular weight excluding hydrogens is 302 g/mol. The minimum absolute atomic E-state index is 0.168. The van der Waals surface area contributed by atoms with Crippen molar-refractivity contribution < 1.29 is 4.74 Å². The lowest BCUT2D eigenvalue weighted by Gasteiger charge is -2.25. The van der Waals surface area contributed by atoms with Gasteiger partial charge in [-0.2, -0.15) is 0 Å². The molecule has 3 heteroatoms. The van der Waals surface area contributed by atoms with E-state index in [-0.39, 0.29) is 5.41 Å². The molecule has 0 saturated heterocycles. The summed E-state index contributed by atoms with van der Waals surface area (Å²) >= 11 is 3.48. The van der Waals surface area contributed by atoms with Gasteiger partial charge in [-0.25, -0.2) is 0 Å². The molecule has 0 aliphatic heterocycles. The van der Waals surface area contributed by atoms with Crippen LogP contribution in [-0.4, -0.2) is 19.7 Å². The molecule has 0 aromatic heterocycles. The lowest BCUT2D eigenvalue weighted by Crippen LogP contribution is -2.35. The number of halogens is 1. The summed E-state index contributed by atoms with van der Waals surface area (Å²) in [4.78, 5) is 0. The molecule has 0 unspecified atom stereocenters. The van der Waals surface area contributed by atoms with Gasteiger partial charge < -0.3 is 10.1 Å². The molecule has 0 fully saturated rings. The van der Waals surface area contributed by atoms with Crippen molar-refractivity contribution in [3.8, 4) is 0 Å². The predicted octanol–water partition coefficient (Wildman–Crippen LogP) is 4.24. The standard InChI is InChI=1S/C16H26BrNO/c1-13(2)9-18-11-16(3,4)12-19-10-14-6-5-7-15(17)8-14/h5-8,13,18H,9-12H2,1-4H3. The zero-order valence-electron chi connectivity index (χ0n) is 12.5. The van der Waals surface area contributed by atoms with Crippen molar-refractivity contribution in [3.63, 3.8) is 0 Å². The van der Waals surface area contributed by atoms with Crippen LogP contribution in [0.5, 0.6) is 0 Å². The maximum absolute atomic E-state index is 5.84. The molecule has 0 saturated carbocycles. The van der Waals surface area contributed by atoms with Crippen molar-refractivity contribution in [1.82, 2.24) is 5.32 Å². The minimum Gasteiger partial charge on any atom is -0.376 e. The van der Waals surface area contributed by atoms with E-state index in [1.54, 1.807) is 0 Å². The quantitative estimate of drug-likeness (QED) is 0.771. The summed E-state index contributed by atoms with van der Waals surface area (Å²) in [6, 6.07) is 8.26. The first-order valence-corrected chi connectivity index (χ1v) is 7.71. The highest BCUT2D eigenvalue weighted by Gasteiger charge is 2.17. The van der Waals surface area contributed by atoms with Crippen molar-refractivity contribution in [2.45, 2.75) is 34.3 Å². The third-order valence-corrected chi connectivity index (χ3v) is 3.30. The van der Waals surface area contributed by atoms with E-state index in [1.807, 2.05) is 12.1 Å². The normalized spacial score (nSPS) is 12.1. The van der Waals surface area contributed by atoms with Crippen LogP contribution in [0, 0.1) is 11.3 Å². The average Bonchev–Trinajstić information content (AvgIpc) is 2.27. The van der Waals surface area contributed by atoms with Crippen LogP contribution >= 0.6 is 15.9 Å². The van der Waals surface area contributed by atoms with Crippen LogP contribution in [0.2, 0.25) is 0 Å². The van der Waals surface area contributed by atoms with Gasteiger partial charge in [0.2, 0.25) is 0 Å². The van der Waals surface area contributed by atoms with Gasteiger partial charge in [-0.1, -0.05) is 55.8 Å². The van der Waals surface area contributed by atoms with Crippen molar-refractivity contribution in [2.24, 2.45) is 11.3 Å². The Kier molecular flexibility index (Phi) is 7.05. The maximum atomic E-state index is 5.84. The summed E-state index contributed by atoms with van der Waals surface area (Å²) in [5.41, 5.74) is 1.38. The Hall–Kier alpha value is -0.380. The van der Waals surface area contributed by atoms with Crippen LogP contribution in [0.1, 0.15) is 33.3 Å². The monoisotopic (exact) mass is 327 g/mol. The summed E-state index contributed by atoms with van der Waals surface area (Å²) in [6.07, 6.45) is 0. The number of nitrogens with one attached hydrogen (secondary N) is 1. The highest BCUT2D eigenvalue weighted by molar-refractivity contribution is 9.10. The summed E-state index contributed by atoms with van der Waals surface area (Å²) in [6.45, 7) is 12.4. The number of hydrogen-bond donors (Lipinski definition) is 1. The van der Waals surface area contributed by atoms with Crippen LogP contribution in [0.15, 0.2) is 28.7 Å². The van der Waals surface area contributed by atoms with Crippen LogP contribution in [0.25, 0.3) is 0 Å². The Bertz CT molecular complexity index is 377. The first-order valence-electron chi connectivity index (χ1n) is 6.92. The molecular formula is C16H26BrNO. The molecule has 19 heavy (non-hydrogen) atoms. The van der Waals surface area contributed by atoms with Gasteiger partial charge in [0.15, 0.2) is 0 Å². The highest BCUT2D eigenvalue weighted by atomic mass is 79.9. The van der Waals surface area contributed by atoms with Gasteiger partial charge in [0.05, 0.1) is 13.2 Å². The maximum Gasteiger partial charge on any atom is 0.0717 e. The molecule has 0 aliphatic carbocycles.